The number of rotatable bonds is 6. The highest BCUT2D eigenvalue weighted by Crippen LogP contribution is 2.44. The highest BCUT2D eigenvalue weighted by Gasteiger charge is 2.51. The summed E-state index contributed by atoms with van der Waals surface area (Å²) < 4.78 is 10.5. The molecule has 2 aromatic carbocycles. The Morgan fingerprint density at radius 1 is 1.03 bits per heavy atom. The maximum Gasteiger partial charge on any atom is 0.279 e. The Balaban J connectivity index is 1.54. The summed E-state index contributed by atoms with van der Waals surface area (Å²) >= 11 is 0. The van der Waals surface area contributed by atoms with Gasteiger partial charge in [-0.2, -0.15) is 0 Å². The van der Waals surface area contributed by atoms with Crippen molar-refractivity contribution in [3.63, 3.8) is 0 Å². The zero-order valence-corrected chi connectivity index (χ0v) is 18.4. The second-order valence-electron chi connectivity index (χ2n) is 8.82. The van der Waals surface area contributed by atoms with Crippen molar-refractivity contribution in [2.75, 3.05) is 32.6 Å². The molecule has 4 atom stereocenters. The first kappa shape index (κ1) is 21.7. The number of fused-ring (bicyclic) bond motifs is 1. The van der Waals surface area contributed by atoms with E-state index in [9.17, 15) is 9.90 Å². The number of hydrogen-bond donors (Lipinski definition) is 3. The number of benzene rings is 2. The van der Waals surface area contributed by atoms with Crippen molar-refractivity contribution in [2.45, 2.75) is 43.7 Å². The number of hydrogen-bond acceptors (Lipinski definition) is 4. The van der Waals surface area contributed by atoms with E-state index in [0.29, 0.717) is 6.54 Å². The van der Waals surface area contributed by atoms with Crippen LogP contribution in [0.2, 0.25) is 0 Å². The van der Waals surface area contributed by atoms with E-state index in [2.05, 4.69) is 17.4 Å². The summed E-state index contributed by atoms with van der Waals surface area (Å²) in [4.78, 5) is 14.1. The van der Waals surface area contributed by atoms with Gasteiger partial charge in [-0.15, -0.1) is 0 Å². The molecule has 0 radical (unpaired) electrons. The van der Waals surface area contributed by atoms with Crippen LogP contribution in [0, 0.1) is 5.92 Å². The molecule has 1 heterocycles. The Morgan fingerprint density at radius 3 is 2.32 bits per heavy atom. The third-order valence-corrected chi connectivity index (χ3v) is 7.02. The predicted molar refractivity (Wildman–Crippen MR) is 120 cm³/mol. The lowest BCUT2D eigenvalue weighted by Gasteiger charge is -2.50. The third-order valence-electron chi connectivity index (χ3n) is 7.02. The molecule has 31 heavy (non-hydrogen) atoms. The van der Waals surface area contributed by atoms with Gasteiger partial charge in [-0.3, -0.25) is 4.79 Å². The summed E-state index contributed by atoms with van der Waals surface area (Å²) in [5.41, 5.74) is 1.30. The van der Waals surface area contributed by atoms with Crippen LogP contribution < -0.4 is 19.7 Å². The van der Waals surface area contributed by atoms with Gasteiger partial charge in [0.1, 0.15) is 17.5 Å². The molecule has 3 N–H and O–H groups in total. The number of quaternary nitrogens is 1. The number of amides is 1. The summed E-state index contributed by atoms with van der Waals surface area (Å²) in [5.74, 6) is 1.72. The Bertz CT molecular complexity index is 883. The molecule has 6 heteroatoms. The summed E-state index contributed by atoms with van der Waals surface area (Å²) in [7, 11) is 3.29. The van der Waals surface area contributed by atoms with E-state index in [1.165, 1.54) is 4.90 Å². The lowest BCUT2D eigenvalue weighted by Crippen LogP contribution is -3.16. The molecule has 6 nitrogen and oxygen atoms in total. The monoisotopic (exact) mass is 425 g/mol. The van der Waals surface area contributed by atoms with E-state index in [1.807, 2.05) is 36.4 Å². The highest BCUT2D eigenvalue weighted by molar-refractivity contribution is 5.91. The van der Waals surface area contributed by atoms with E-state index >= 15 is 0 Å². The number of anilines is 1. The Labute approximate surface area is 184 Å². The van der Waals surface area contributed by atoms with Crippen LogP contribution in [0.25, 0.3) is 0 Å². The Morgan fingerprint density at radius 2 is 1.68 bits per heavy atom. The maximum absolute atomic E-state index is 12.9. The molecule has 2 aliphatic rings. The Kier molecular flexibility index (Phi) is 6.49. The van der Waals surface area contributed by atoms with E-state index in [1.54, 1.807) is 14.2 Å². The lowest BCUT2D eigenvalue weighted by molar-refractivity contribution is -0.937. The van der Waals surface area contributed by atoms with Crippen LogP contribution in [0.4, 0.5) is 5.69 Å². The number of piperidine rings is 1. The van der Waals surface area contributed by atoms with Gasteiger partial charge in [-0.25, -0.2) is 0 Å². The van der Waals surface area contributed by atoms with Crippen LogP contribution in [0.3, 0.4) is 0 Å². The molecule has 2 aromatic rings. The molecule has 0 aromatic heterocycles. The minimum absolute atomic E-state index is 0.0140. The van der Waals surface area contributed by atoms with Crippen LogP contribution >= 0.6 is 0 Å². The van der Waals surface area contributed by atoms with Crippen molar-refractivity contribution in [3.8, 4) is 11.5 Å². The van der Waals surface area contributed by atoms with Crippen LogP contribution in [0.5, 0.6) is 11.5 Å². The number of carbonyl (C=O) groups excluding carboxylic acids is 1. The zero-order valence-electron chi connectivity index (χ0n) is 18.4. The number of nitrogens with one attached hydrogen (secondary N) is 2. The second kappa shape index (κ2) is 9.28. The predicted octanol–water partition coefficient (Wildman–Crippen LogP) is 2.59. The van der Waals surface area contributed by atoms with Crippen molar-refractivity contribution >= 4 is 11.6 Å². The molecule has 4 rings (SSSR count). The molecule has 1 unspecified atom stereocenters. The quantitative estimate of drug-likeness (QED) is 0.665. The minimum Gasteiger partial charge on any atom is -0.497 e. The number of methoxy groups -OCH3 is 2. The van der Waals surface area contributed by atoms with E-state index < -0.39 is 5.60 Å². The molecule has 1 aliphatic heterocycles. The van der Waals surface area contributed by atoms with Crippen LogP contribution in [0.1, 0.15) is 43.7 Å². The van der Waals surface area contributed by atoms with Crippen molar-refractivity contribution < 1.29 is 24.3 Å². The normalized spacial score (nSPS) is 27.8. The van der Waals surface area contributed by atoms with Gasteiger partial charge in [0.15, 0.2) is 6.54 Å². The SMILES string of the molecule is COc1ccc(NC(=O)C[NH+]2CC[C@@]3(O)CCCC[C@H]3[C@@H]2c2ccc(OC)cc2)cc1. The maximum atomic E-state index is 12.9. The van der Waals surface area contributed by atoms with Crippen molar-refractivity contribution in [2.24, 2.45) is 5.92 Å². The van der Waals surface area contributed by atoms with E-state index in [-0.39, 0.29) is 17.9 Å². The van der Waals surface area contributed by atoms with Gasteiger partial charge >= 0.3 is 0 Å². The fraction of sp³-hybridized carbons (Fsp3) is 0.480. The number of carbonyl (C=O) groups is 1. The minimum atomic E-state index is -0.626. The number of aliphatic hydroxyl groups is 1. The van der Waals surface area contributed by atoms with Gasteiger partial charge in [-0.1, -0.05) is 12.8 Å². The van der Waals surface area contributed by atoms with Gasteiger partial charge in [0, 0.05) is 23.6 Å². The molecule has 0 bridgehead atoms. The van der Waals surface area contributed by atoms with Gasteiger partial charge < -0.3 is 24.8 Å². The first-order chi connectivity index (χ1) is 15.0. The first-order valence-corrected chi connectivity index (χ1v) is 11.2. The number of ether oxygens (including phenoxy) is 2. The molecular weight excluding hydrogens is 392 g/mol. The molecule has 2 fully saturated rings. The first-order valence-electron chi connectivity index (χ1n) is 11.2. The van der Waals surface area contributed by atoms with E-state index in [0.717, 1.165) is 61.4 Å². The van der Waals surface area contributed by atoms with E-state index in [4.69, 9.17) is 9.47 Å². The largest absolute Gasteiger partial charge is 0.497 e. The molecule has 1 aliphatic carbocycles. The second-order valence-corrected chi connectivity index (χ2v) is 8.82. The molecule has 1 saturated carbocycles. The highest BCUT2D eigenvalue weighted by atomic mass is 16.5. The van der Waals surface area contributed by atoms with Gasteiger partial charge in [0.05, 0.1) is 26.4 Å². The smallest absolute Gasteiger partial charge is 0.279 e. The summed E-state index contributed by atoms with van der Waals surface area (Å²) in [6.07, 6.45) is 4.81. The molecular formula is C25H33N2O4+. The molecule has 1 saturated heterocycles. The fourth-order valence-electron chi connectivity index (χ4n) is 5.42. The average molecular weight is 426 g/mol. The zero-order chi connectivity index (χ0) is 21.8. The average Bonchev–Trinajstić information content (AvgIpc) is 2.79. The van der Waals surface area contributed by atoms with Crippen molar-refractivity contribution in [1.29, 1.82) is 0 Å². The van der Waals surface area contributed by atoms with Gasteiger partial charge in [-0.05, 0) is 61.4 Å². The molecule has 166 valence electrons. The van der Waals surface area contributed by atoms with Crippen molar-refractivity contribution in [3.05, 3.63) is 54.1 Å². The third kappa shape index (κ3) is 4.70. The van der Waals surface area contributed by atoms with Gasteiger partial charge in [0.25, 0.3) is 5.91 Å². The van der Waals surface area contributed by atoms with Crippen LogP contribution in [0.15, 0.2) is 48.5 Å². The number of likely N-dealkylation sites (tertiary alicyclic amines) is 1. The van der Waals surface area contributed by atoms with Crippen molar-refractivity contribution in [1.82, 2.24) is 0 Å². The van der Waals surface area contributed by atoms with Gasteiger partial charge in [0.2, 0.25) is 0 Å². The fourth-order valence-corrected chi connectivity index (χ4v) is 5.42. The summed E-state index contributed by atoms with van der Waals surface area (Å²) in [5, 5.41) is 14.4. The summed E-state index contributed by atoms with van der Waals surface area (Å²) in [6, 6.07) is 15.6. The summed E-state index contributed by atoms with van der Waals surface area (Å²) in [6.45, 7) is 1.15. The molecule has 0 spiro atoms. The topological polar surface area (TPSA) is 72.2 Å². The lowest BCUT2D eigenvalue weighted by atomic mass is 9.66. The standard InChI is InChI=1S/C25H32N2O4/c1-30-20-10-6-18(7-11-20)24-22-5-3-4-14-25(22,29)15-16-27(24)17-23(28)26-19-8-12-21(31-2)13-9-19/h6-13,22,24,29H,3-5,14-17H2,1-2H3,(H,26,28)/p+1/t22-,24-,25-/m0/s1. The Hall–Kier alpha value is -2.57. The van der Waals surface area contributed by atoms with Crippen LogP contribution in [-0.4, -0.2) is 43.9 Å². The van der Waals surface area contributed by atoms with Crippen LogP contribution in [-0.2, 0) is 4.79 Å². The molecule has 1 amide bonds.